The number of hydrogen-bond acceptors (Lipinski definition) is 7. The number of amides is 2. The first-order valence-corrected chi connectivity index (χ1v) is 10.8. The predicted molar refractivity (Wildman–Crippen MR) is 125 cm³/mol. The maximum atomic E-state index is 12.8. The highest BCUT2D eigenvalue weighted by Crippen LogP contribution is 2.34. The number of nitrogens with zero attached hydrogens (tertiary/aromatic N) is 1. The number of carbonyl (C=O) groups is 3. The summed E-state index contributed by atoms with van der Waals surface area (Å²) >= 11 is 1.06. The second-order valence-corrected chi connectivity index (χ2v) is 7.69. The molecule has 0 spiro atoms. The van der Waals surface area contributed by atoms with Crippen molar-refractivity contribution in [1.29, 1.82) is 0 Å². The van der Waals surface area contributed by atoms with E-state index in [1.54, 1.807) is 43.2 Å². The van der Waals surface area contributed by atoms with Crippen LogP contribution in [-0.4, -0.2) is 57.1 Å². The van der Waals surface area contributed by atoms with Gasteiger partial charge in [-0.1, -0.05) is 6.07 Å². The Morgan fingerprint density at radius 3 is 2.28 bits per heavy atom. The van der Waals surface area contributed by atoms with E-state index in [0.29, 0.717) is 35.0 Å². The smallest absolute Gasteiger partial charge is 0.341 e. The number of benzene rings is 1. The maximum Gasteiger partial charge on any atom is 0.341 e. The number of methoxy groups -OCH3 is 3. The van der Waals surface area contributed by atoms with Crippen molar-refractivity contribution < 1.29 is 28.6 Å². The Hall–Kier alpha value is -3.33. The monoisotopic (exact) mass is 460 g/mol. The largest absolute Gasteiger partial charge is 0.493 e. The van der Waals surface area contributed by atoms with Crippen LogP contribution in [0.4, 0.5) is 5.00 Å². The summed E-state index contributed by atoms with van der Waals surface area (Å²) in [7, 11) is 4.33. The fourth-order valence-corrected chi connectivity index (χ4v) is 4.26. The molecule has 0 radical (unpaired) electrons. The van der Waals surface area contributed by atoms with E-state index in [2.05, 4.69) is 5.32 Å². The summed E-state index contributed by atoms with van der Waals surface area (Å²) < 4.78 is 15.3. The average Bonchev–Trinajstić information content (AvgIpc) is 3.12. The van der Waals surface area contributed by atoms with Gasteiger partial charge in [-0.3, -0.25) is 9.59 Å². The van der Waals surface area contributed by atoms with Gasteiger partial charge in [0.1, 0.15) is 5.00 Å². The third-order valence-corrected chi connectivity index (χ3v) is 6.05. The third-order valence-electron chi connectivity index (χ3n) is 4.85. The zero-order valence-corrected chi connectivity index (χ0v) is 19.9. The van der Waals surface area contributed by atoms with Crippen molar-refractivity contribution in [3.63, 3.8) is 0 Å². The predicted octanol–water partition coefficient (Wildman–Crippen LogP) is 3.99. The lowest BCUT2D eigenvalue weighted by molar-refractivity contribution is -0.111. The lowest BCUT2D eigenvalue weighted by atomic mass is 10.1. The summed E-state index contributed by atoms with van der Waals surface area (Å²) in [5.41, 5.74) is 1.39. The van der Waals surface area contributed by atoms with E-state index < -0.39 is 11.9 Å². The number of thiophene rings is 1. The Kier molecular flexibility index (Phi) is 8.83. The van der Waals surface area contributed by atoms with Gasteiger partial charge in [-0.25, -0.2) is 4.79 Å². The summed E-state index contributed by atoms with van der Waals surface area (Å²) in [5.74, 6) is -0.138. The maximum absolute atomic E-state index is 12.8. The first-order chi connectivity index (χ1) is 15.3. The molecular formula is C23H28N2O6S. The number of esters is 1. The number of carbonyl (C=O) groups excluding carboxylic acids is 3. The molecule has 0 fully saturated rings. The second kappa shape index (κ2) is 11.3. The van der Waals surface area contributed by atoms with E-state index in [4.69, 9.17) is 14.2 Å². The highest BCUT2D eigenvalue weighted by Gasteiger charge is 2.27. The Labute approximate surface area is 191 Å². The fraction of sp³-hybridized carbons (Fsp3) is 0.348. The molecule has 8 nitrogen and oxygen atoms in total. The minimum Gasteiger partial charge on any atom is -0.493 e. The van der Waals surface area contributed by atoms with Crippen molar-refractivity contribution in [1.82, 2.24) is 4.90 Å². The molecule has 1 aromatic carbocycles. The third kappa shape index (κ3) is 5.47. The Morgan fingerprint density at radius 1 is 1.06 bits per heavy atom. The van der Waals surface area contributed by atoms with Crippen molar-refractivity contribution in [2.24, 2.45) is 0 Å². The van der Waals surface area contributed by atoms with Crippen molar-refractivity contribution in [3.8, 4) is 11.5 Å². The first-order valence-electron chi connectivity index (χ1n) is 10.0. The standard InChI is InChI=1S/C23H28N2O6S/c1-7-25(8-2)22(27)20-14(3)19(23(28)31-6)21(32-20)24-18(26)12-10-15-9-11-16(29-4)17(13-15)30-5/h9-13H,7-8H2,1-6H3,(H,24,26)/b12-10+. The highest BCUT2D eigenvalue weighted by atomic mass is 32.1. The minimum atomic E-state index is -0.614. The fourth-order valence-electron chi connectivity index (χ4n) is 3.09. The van der Waals surface area contributed by atoms with Gasteiger partial charge in [0.25, 0.3) is 5.91 Å². The Morgan fingerprint density at radius 2 is 1.72 bits per heavy atom. The van der Waals surface area contributed by atoms with Crippen LogP contribution < -0.4 is 14.8 Å². The van der Waals surface area contributed by atoms with Gasteiger partial charge in [0.05, 0.1) is 31.8 Å². The highest BCUT2D eigenvalue weighted by molar-refractivity contribution is 7.18. The number of anilines is 1. The van der Waals surface area contributed by atoms with Gasteiger partial charge in [0.2, 0.25) is 5.91 Å². The zero-order valence-electron chi connectivity index (χ0n) is 19.1. The number of ether oxygens (including phenoxy) is 3. The van der Waals surface area contributed by atoms with Crippen molar-refractivity contribution in [2.45, 2.75) is 20.8 Å². The molecule has 2 aromatic rings. The molecule has 2 amide bonds. The molecule has 1 N–H and O–H groups in total. The van der Waals surface area contributed by atoms with Gasteiger partial charge in [-0.05, 0) is 50.1 Å². The quantitative estimate of drug-likeness (QED) is 0.449. The normalized spacial score (nSPS) is 10.7. The topological polar surface area (TPSA) is 94.2 Å². The van der Waals surface area contributed by atoms with Crippen LogP contribution in [0.2, 0.25) is 0 Å². The van der Waals surface area contributed by atoms with Gasteiger partial charge < -0.3 is 24.4 Å². The summed E-state index contributed by atoms with van der Waals surface area (Å²) in [5, 5.41) is 2.97. The van der Waals surface area contributed by atoms with Gasteiger partial charge >= 0.3 is 5.97 Å². The molecular weight excluding hydrogens is 432 g/mol. The van der Waals surface area contributed by atoms with Crippen LogP contribution in [0.25, 0.3) is 6.08 Å². The second-order valence-electron chi connectivity index (χ2n) is 6.67. The molecule has 0 bridgehead atoms. The van der Waals surface area contributed by atoms with E-state index in [1.165, 1.54) is 20.3 Å². The van der Waals surface area contributed by atoms with E-state index in [-0.39, 0.29) is 16.5 Å². The lowest BCUT2D eigenvalue weighted by Crippen LogP contribution is -2.30. The lowest BCUT2D eigenvalue weighted by Gasteiger charge is -2.17. The van der Waals surface area contributed by atoms with Crippen molar-refractivity contribution in [3.05, 3.63) is 45.8 Å². The SMILES string of the molecule is CCN(CC)C(=O)c1sc(NC(=O)/C=C/c2ccc(OC)c(OC)c2)c(C(=O)OC)c1C. The van der Waals surface area contributed by atoms with E-state index >= 15 is 0 Å². The molecule has 172 valence electrons. The van der Waals surface area contributed by atoms with Gasteiger partial charge in [0, 0.05) is 19.2 Å². The van der Waals surface area contributed by atoms with Crippen LogP contribution in [0.15, 0.2) is 24.3 Å². The van der Waals surface area contributed by atoms with Gasteiger partial charge in [-0.2, -0.15) is 0 Å². The Bertz CT molecular complexity index is 1020. The van der Waals surface area contributed by atoms with Gasteiger partial charge in [0.15, 0.2) is 11.5 Å². The molecule has 0 unspecified atom stereocenters. The van der Waals surface area contributed by atoms with Crippen molar-refractivity contribution >= 4 is 40.2 Å². The van der Waals surface area contributed by atoms with Crippen molar-refractivity contribution in [2.75, 3.05) is 39.7 Å². The summed E-state index contributed by atoms with van der Waals surface area (Å²) in [4.78, 5) is 39.8. The molecule has 9 heteroatoms. The Balaban J connectivity index is 2.32. The molecule has 0 aliphatic heterocycles. The zero-order chi connectivity index (χ0) is 23.8. The average molecular weight is 461 g/mol. The first kappa shape index (κ1) is 24.9. The van der Waals surface area contributed by atoms with Crippen LogP contribution in [0.1, 0.15) is 45.0 Å². The van der Waals surface area contributed by atoms with Crippen LogP contribution >= 0.6 is 11.3 Å². The molecule has 0 aliphatic rings. The van der Waals surface area contributed by atoms with Crippen LogP contribution in [0.5, 0.6) is 11.5 Å². The molecule has 0 aliphatic carbocycles. The van der Waals surface area contributed by atoms with E-state index in [1.807, 2.05) is 13.8 Å². The van der Waals surface area contributed by atoms with Crippen LogP contribution in [0.3, 0.4) is 0 Å². The summed E-state index contributed by atoms with van der Waals surface area (Å²) in [6.07, 6.45) is 2.95. The number of hydrogen-bond donors (Lipinski definition) is 1. The molecule has 1 aromatic heterocycles. The minimum absolute atomic E-state index is 0.181. The van der Waals surface area contributed by atoms with Crippen LogP contribution in [-0.2, 0) is 9.53 Å². The molecule has 0 saturated carbocycles. The van der Waals surface area contributed by atoms with E-state index in [9.17, 15) is 14.4 Å². The number of rotatable bonds is 9. The molecule has 2 rings (SSSR count). The number of nitrogens with one attached hydrogen (secondary N) is 1. The van der Waals surface area contributed by atoms with Crippen LogP contribution in [0, 0.1) is 6.92 Å². The van der Waals surface area contributed by atoms with Gasteiger partial charge in [-0.15, -0.1) is 11.3 Å². The molecule has 0 saturated heterocycles. The van der Waals surface area contributed by atoms with E-state index in [0.717, 1.165) is 16.9 Å². The molecule has 32 heavy (non-hydrogen) atoms. The summed E-state index contributed by atoms with van der Waals surface area (Å²) in [6, 6.07) is 5.25. The summed E-state index contributed by atoms with van der Waals surface area (Å²) in [6.45, 7) is 6.51. The molecule has 1 heterocycles. The molecule has 0 atom stereocenters.